The van der Waals surface area contributed by atoms with Crippen molar-refractivity contribution >= 4 is 50.7 Å². The number of carbonyl (C=O) groups is 2. The third-order valence-corrected chi connectivity index (χ3v) is 8.80. The molecule has 39 heavy (non-hydrogen) atoms. The second-order valence-corrected chi connectivity index (χ2v) is 11.7. The molecule has 0 aliphatic rings. The maximum absolute atomic E-state index is 14.6. The van der Waals surface area contributed by atoms with Gasteiger partial charge in [-0.05, 0) is 56.7 Å². The molecule has 0 aromatic heterocycles. The Kier molecular flexibility index (Phi) is 10.4. The number of sulfonamides is 1. The first-order valence-electron chi connectivity index (χ1n) is 12.3. The number of anilines is 1. The van der Waals surface area contributed by atoms with Crippen molar-refractivity contribution in [2.75, 3.05) is 10.8 Å². The summed E-state index contributed by atoms with van der Waals surface area (Å²) in [5, 5.41) is 3.13. The van der Waals surface area contributed by atoms with Gasteiger partial charge in [0, 0.05) is 18.2 Å². The summed E-state index contributed by atoms with van der Waals surface area (Å²) in [6, 6.07) is 16.5. The zero-order valence-corrected chi connectivity index (χ0v) is 24.1. The molecule has 0 spiro atoms. The van der Waals surface area contributed by atoms with E-state index in [1.807, 2.05) is 13.8 Å². The van der Waals surface area contributed by atoms with Crippen molar-refractivity contribution < 1.29 is 22.4 Å². The number of benzene rings is 3. The van der Waals surface area contributed by atoms with Gasteiger partial charge in [0.2, 0.25) is 11.8 Å². The minimum absolute atomic E-state index is 0.0490. The van der Waals surface area contributed by atoms with Gasteiger partial charge in [-0.2, -0.15) is 0 Å². The molecule has 11 heteroatoms. The van der Waals surface area contributed by atoms with Crippen LogP contribution in [0.1, 0.15) is 32.8 Å². The van der Waals surface area contributed by atoms with Crippen LogP contribution in [0.3, 0.4) is 0 Å². The average molecular weight is 595 g/mol. The second-order valence-electron chi connectivity index (χ2n) is 9.03. The van der Waals surface area contributed by atoms with Gasteiger partial charge < -0.3 is 10.2 Å². The molecule has 3 aromatic carbocycles. The summed E-state index contributed by atoms with van der Waals surface area (Å²) in [7, 11) is -4.25. The third kappa shape index (κ3) is 7.50. The zero-order chi connectivity index (χ0) is 28.7. The first-order valence-corrected chi connectivity index (χ1v) is 14.5. The van der Waals surface area contributed by atoms with Crippen LogP contribution in [0.5, 0.6) is 0 Å². The molecule has 0 saturated heterocycles. The van der Waals surface area contributed by atoms with Gasteiger partial charge in [-0.3, -0.25) is 13.9 Å². The molecule has 2 atom stereocenters. The Morgan fingerprint density at radius 1 is 0.949 bits per heavy atom. The van der Waals surface area contributed by atoms with Crippen molar-refractivity contribution in [1.29, 1.82) is 0 Å². The molecule has 3 rings (SSSR count). The van der Waals surface area contributed by atoms with E-state index in [4.69, 9.17) is 23.2 Å². The van der Waals surface area contributed by atoms with E-state index in [0.717, 1.165) is 4.31 Å². The number of hydrogen-bond acceptors (Lipinski definition) is 4. The fourth-order valence-electron chi connectivity index (χ4n) is 3.75. The Bertz CT molecular complexity index is 1420. The molecular weight excluding hydrogens is 564 g/mol. The van der Waals surface area contributed by atoms with Crippen LogP contribution in [0.2, 0.25) is 10.0 Å². The van der Waals surface area contributed by atoms with Crippen LogP contribution in [-0.4, -0.2) is 43.8 Å². The van der Waals surface area contributed by atoms with Gasteiger partial charge in [0.1, 0.15) is 18.4 Å². The highest BCUT2D eigenvalue weighted by atomic mass is 35.5. The van der Waals surface area contributed by atoms with Gasteiger partial charge in [0.15, 0.2) is 0 Å². The lowest BCUT2D eigenvalue weighted by molar-refractivity contribution is -0.139. The topological polar surface area (TPSA) is 86.8 Å². The van der Waals surface area contributed by atoms with Crippen molar-refractivity contribution in [2.45, 2.75) is 50.7 Å². The van der Waals surface area contributed by atoms with E-state index in [2.05, 4.69) is 5.32 Å². The molecule has 2 amide bonds. The fraction of sp³-hybridized carbons (Fsp3) is 0.286. The van der Waals surface area contributed by atoms with Crippen LogP contribution in [0.4, 0.5) is 10.1 Å². The molecule has 0 heterocycles. The predicted octanol–water partition coefficient (Wildman–Crippen LogP) is 5.66. The standard InChI is InChI=1S/C28H30Cl2FN3O4S/c1-4-19(2)32-28(36)20(3)33(17-21-10-8-9-13-26(21)31)27(35)18-34(22-14-15-24(29)25(30)16-22)39(37,38)23-11-6-5-7-12-23/h5-16,19-20H,4,17-18H2,1-3H3,(H,32,36)/t19-,20+/m0/s1. The van der Waals surface area contributed by atoms with Gasteiger partial charge >= 0.3 is 0 Å². The predicted molar refractivity (Wildman–Crippen MR) is 152 cm³/mol. The van der Waals surface area contributed by atoms with Crippen molar-refractivity contribution in [3.05, 3.63) is 94.2 Å². The van der Waals surface area contributed by atoms with E-state index in [1.165, 1.54) is 60.4 Å². The molecule has 1 N–H and O–H groups in total. The largest absolute Gasteiger partial charge is 0.352 e. The van der Waals surface area contributed by atoms with E-state index in [-0.39, 0.29) is 38.8 Å². The normalized spacial score (nSPS) is 12.9. The Hall–Kier alpha value is -3.14. The number of nitrogens with zero attached hydrogens (tertiary/aromatic N) is 2. The monoisotopic (exact) mass is 593 g/mol. The van der Waals surface area contributed by atoms with Crippen LogP contribution < -0.4 is 9.62 Å². The van der Waals surface area contributed by atoms with E-state index in [0.29, 0.717) is 6.42 Å². The molecule has 0 unspecified atom stereocenters. The molecule has 0 radical (unpaired) electrons. The van der Waals surface area contributed by atoms with Crippen molar-refractivity contribution in [3.8, 4) is 0 Å². The summed E-state index contributed by atoms with van der Waals surface area (Å²) >= 11 is 12.2. The first-order chi connectivity index (χ1) is 18.4. The lowest BCUT2D eigenvalue weighted by Gasteiger charge is -2.32. The van der Waals surface area contributed by atoms with Gasteiger partial charge in [0.05, 0.1) is 20.6 Å². The van der Waals surface area contributed by atoms with Crippen LogP contribution in [-0.2, 0) is 26.2 Å². The molecule has 0 bridgehead atoms. The van der Waals surface area contributed by atoms with Crippen molar-refractivity contribution in [3.63, 3.8) is 0 Å². The summed E-state index contributed by atoms with van der Waals surface area (Å²) in [5.74, 6) is -1.71. The van der Waals surface area contributed by atoms with E-state index in [1.54, 1.807) is 24.3 Å². The quantitative estimate of drug-likeness (QED) is 0.311. The number of hydrogen-bond donors (Lipinski definition) is 1. The average Bonchev–Trinajstić information content (AvgIpc) is 2.92. The van der Waals surface area contributed by atoms with Gasteiger partial charge in [-0.25, -0.2) is 12.8 Å². The van der Waals surface area contributed by atoms with Crippen LogP contribution in [0, 0.1) is 5.82 Å². The van der Waals surface area contributed by atoms with E-state index >= 15 is 0 Å². The smallest absolute Gasteiger partial charge is 0.264 e. The Morgan fingerprint density at radius 2 is 1.59 bits per heavy atom. The summed E-state index contributed by atoms with van der Waals surface area (Å²) in [6.07, 6.45) is 0.667. The van der Waals surface area contributed by atoms with Gasteiger partial charge in [-0.1, -0.05) is 66.5 Å². The second kappa shape index (κ2) is 13.3. The highest BCUT2D eigenvalue weighted by molar-refractivity contribution is 7.92. The van der Waals surface area contributed by atoms with Crippen molar-refractivity contribution in [1.82, 2.24) is 10.2 Å². The van der Waals surface area contributed by atoms with E-state index in [9.17, 15) is 22.4 Å². The van der Waals surface area contributed by atoms with Gasteiger partial charge in [0.25, 0.3) is 10.0 Å². The molecule has 3 aromatic rings. The molecular formula is C28H30Cl2FN3O4S. The fourth-order valence-corrected chi connectivity index (χ4v) is 5.47. The SMILES string of the molecule is CC[C@H](C)NC(=O)[C@@H](C)N(Cc1ccccc1F)C(=O)CN(c1ccc(Cl)c(Cl)c1)S(=O)(=O)c1ccccc1. The maximum atomic E-state index is 14.6. The number of rotatable bonds is 11. The molecule has 7 nitrogen and oxygen atoms in total. The molecule has 0 aliphatic carbocycles. The Balaban J connectivity index is 2.05. The molecule has 0 aliphatic heterocycles. The summed E-state index contributed by atoms with van der Waals surface area (Å²) < 4.78 is 42.9. The van der Waals surface area contributed by atoms with Gasteiger partial charge in [-0.15, -0.1) is 0 Å². The van der Waals surface area contributed by atoms with Crippen molar-refractivity contribution in [2.24, 2.45) is 0 Å². The lowest BCUT2D eigenvalue weighted by atomic mass is 10.1. The third-order valence-electron chi connectivity index (χ3n) is 6.27. The summed E-state index contributed by atoms with van der Waals surface area (Å²) in [5.41, 5.74) is 0.283. The minimum Gasteiger partial charge on any atom is -0.352 e. The van der Waals surface area contributed by atoms with Crippen LogP contribution in [0.15, 0.2) is 77.7 Å². The molecule has 208 valence electrons. The van der Waals surface area contributed by atoms with Crippen LogP contribution in [0.25, 0.3) is 0 Å². The number of carbonyl (C=O) groups excluding carboxylic acids is 2. The highest BCUT2D eigenvalue weighted by Crippen LogP contribution is 2.31. The van der Waals surface area contributed by atoms with E-state index < -0.39 is 40.2 Å². The maximum Gasteiger partial charge on any atom is 0.264 e. The zero-order valence-electron chi connectivity index (χ0n) is 21.8. The lowest BCUT2D eigenvalue weighted by Crippen LogP contribution is -2.52. The number of amides is 2. The Labute approximate surface area is 238 Å². The first kappa shape index (κ1) is 30.4. The minimum atomic E-state index is -4.25. The Morgan fingerprint density at radius 3 is 2.21 bits per heavy atom. The molecule has 0 saturated carbocycles. The number of halogens is 3. The number of nitrogens with one attached hydrogen (secondary N) is 1. The van der Waals surface area contributed by atoms with Crippen LogP contribution >= 0.6 is 23.2 Å². The summed E-state index contributed by atoms with van der Waals surface area (Å²) in [6.45, 7) is 4.32. The molecule has 0 fully saturated rings. The highest BCUT2D eigenvalue weighted by Gasteiger charge is 2.33. The summed E-state index contributed by atoms with van der Waals surface area (Å²) in [4.78, 5) is 28.0.